The van der Waals surface area contributed by atoms with Crippen molar-refractivity contribution in [2.75, 3.05) is 6.54 Å². The Kier molecular flexibility index (Phi) is 10.9. The van der Waals surface area contributed by atoms with Crippen molar-refractivity contribution in [1.82, 2.24) is 16.0 Å². The van der Waals surface area contributed by atoms with Crippen LogP contribution in [0.2, 0.25) is 5.02 Å². The van der Waals surface area contributed by atoms with Crippen LogP contribution in [0.3, 0.4) is 0 Å². The number of aldehydes is 1. The van der Waals surface area contributed by atoms with Gasteiger partial charge >= 0.3 is 6.09 Å². The Hall–Kier alpha value is -3.39. The number of hydrogen-bond acceptors (Lipinski definition) is 5. The van der Waals surface area contributed by atoms with E-state index in [0.29, 0.717) is 37.1 Å². The molecule has 3 N–H and O–H groups in total. The maximum Gasteiger partial charge on any atom is 0.408 e. The molecule has 1 aliphatic rings. The minimum absolute atomic E-state index is 0.116. The Balaban J connectivity index is 1.76. The van der Waals surface area contributed by atoms with Gasteiger partial charge in [-0.1, -0.05) is 87.7 Å². The van der Waals surface area contributed by atoms with E-state index in [0.717, 1.165) is 17.5 Å². The van der Waals surface area contributed by atoms with Gasteiger partial charge in [-0.3, -0.25) is 9.59 Å². The van der Waals surface area contributed by atoms with Gasteiger partial charge in [-0.2, -0.15) is 0 Å². The van der Waals surface area contributed by atoms with Gasteiger partial charge in [0, 0.05) is 22.9 Å². The van der Waals surface area contributed by atoms with E-state index in [1.54, 1.807) is 6.07 Å². The topological polar surface area (TPSA) is 114 Å². The zero-order valence-corrected chi connectivity index (χ0v) is 23.5. The summed E-state index contributed by atoms with van der Waals surface area (Å²) in [4.78, 5) is 50.1. The average Bonchev–Trinajstić information content (AvgIpc) is 3.33. The molecule has 0 aromatic heterocycles. The third-order valence-electron chi connectivity index (χ3n) is 7.20. The van der Waals surface area contributed by atoms with Crippen LogP contribution in [-0.2, 0) is 24.5 Å². The number of amides is 3. The van der Waals surface area contributed by atoms with Gasteiger partial charge in [0.2, 0.25) is 11.8 Å². The zero-order chi connectivity index (χ0) is 28.4. The first-order valence-corrected chi connectivity index (χ1v) is 13.8. The monoisotopic (exact) mass is 555 g/mol. The summed E-state index contributed by atoms with van der Waals surface area (Å²) >= 11 is 6.26. The Morgan fingerprint density at radius 1 is 1.15 bits per heavy atom. The van der Waals surface area contributed by atoms with Crippen LogP contribution in [0.1, 0.15) is 70.1 Å². The van der Waals surface area contributed by atoms with E-state index in [1.165, 1.54) is 0 Å². The van der Waals surface area contributed by atoms with Gasteiger partial charge in [0.05, 0.1) is 6.04 Å². The lowest BCUT2D eigenvalue weighted by Gasteiger charge is -2.35. The van der Waals surface area contributed by atoms with Crippen LogP contribution < -0.4 is 16.0 Å². The second-order valence-electron chi connectivity index (χ2n) is 10.5. The fraction of sp³-hybridized carbons (Fsp3) is 0.467. The lowest BCUT2D eigenvalue weighted by Crippen LogP contribution is -2.51. The van der Waals surface area contributed by atoms with Crippen molar-refractivity contribution in [3.8, 4) is 0 Å². The second-order valence-corrected chi connectivity index (χ2v) is 11.0. The molecule has 8 nitrogen and oxygen atoms in total. The number of carbonyl (C=O) groups excluding carboxylic acids is 4. The molecule has 0 saturated carbocycles. The fourth-order valence-corrected chi connectivity index (χ4v) is 5.06. The van der Waals surface area contributed by atoms with E-state index in [4.69, 9.17) is 16.3 Å². The molecule has 4 atom stereocenters. The van der Waals surface area contributed by atoms with Crippen molar-refractivity contribution in [1.29, 1.82) is 0 Å². The van der Waals surface area contributed by atoms with Crippen molar-refractivity contribution in [3.05, 3.63) is 70.7 Å². The van der Waals surface area contributed by atoms with Crippen LogP contribution in [0.5, 0.6) is 0 Å². The molecule has 4 unspecified atom stereocenters. The molecular weight excluding hydrogens is 518 g/mol. The first-order chi connectivity index (χ1) is 18.6. The number of alkyl carbamates (subject to hydrolysis) is 1. The molecule has 3 rings (SSSR count). The van der Waals surface area contributed by atoms with E-state index >= 15 is 0 Å². The third kappa shape index (κ3) is 8.30. The zero-order valence-electron chi connectivity index (χ0n) is 22.7. The van der Waals surface area contributed by atoms with Crippen molar-refractivity contribution in [3.63, 3.8) is 0 Å². The first kappa shape index (κ1) is 30.2. The van der Waals surface area contributed by atoms with Crippen molar-refractivity contribution >= 4 is 35.8 Å². The average molecular weight is 556 g/mol. The number of unbranched alkanes of at least 4 members (excludes halogenated alkanes) is 1. The van der Waals surface area contributed by atoms with Crippen LogP contribution in [0.25, 0.3) is 0 Å². The lowest BCUT2D eigenvalue weighted by molar-refractivity contribution is -0.127. The quantitative estimate of drug-likeness (QED) is 0.306. The van der Waals surface area contributed by atoms with Gasteiger partial charge in [0.15, 0.2) is 0 Å². The Labute approximate surface area is 235 Å². The van der Waals surface area contributed by atoms with Gasteiger partial charge in [-0.15, -0.1) is 0 Å². The largest absolute Gasteiger partial charge is 0.440 e. The fourth-order valence-electron chi connectivity index (χ4n) is 4.87. The Morgan fingerprint density at radius 3 is 2.51 bits per heavy atom. The van der Waals surface area contributed by atoms with Crippen molar-refractivity contribution in [2.24, 2.45) is 5.92 Å². The number of nitrogens with one attached hydrogen (secondary N) is 3. The van der Waals surface area contributed by atoms with Crippen LogP contribution in [0, 0.1) is 5.92 Å². The van der Waals surface area contributed by atoms with Crippen molar-refractivity contribution < 1.29 is 23.9 Å². The maximum atomic E-state index is 13.3. The molecule has 1 fully saturated rings. The van der Waals surface area contributed by atoms with Gasteiger partial charge in [-0.25, -0.2) is 4.79 Å². The molecule has 210 valence electrons. The standard InChI is InChI=1S/C30H38ClN3O5/c1-4-5-14-25(28(37)33-24(19-35)17-21-15-16-32-27(21)36)34-29(38)39-26(20-10-7-6-8-11-20)30(2,3)22-12-9-13-23(31)18-22/h6-13,18-19,21,24-26H,4-5,14-17H2,1-3H3,(H,32,36)(H,33,37)(H,34,38). The number of benzene rings is 2. The molecule has 1 saturated heterocycles. The van der Waals surface area contributed by atoms with Crippen LogP contribution in [0.4, 0.5) is 4.79 Å². The normalized spacial score (nSPS) is 17.4. The summed E-state index contributed by atoms with van der Waals surface area (Å²) in [5.41, 5.74) is 1.03. The highest BCUT2D eigenvalue weighted by Crippen LogP contribution is 2.40. The van der Waals surface area contributed by atoms with Gasteiger partial charge in [0.1, 0.15) is 18.4 Å². The van der Waals surface area contributed by atoms with Crippen LogP contribution in [-0.4, -0.2) is 42.8 Å². The Bertz CT molecular complexity index is 1140. The predicted molar refractivity (Wildman–Crippen MR) is 150 cm³/mol. The first-order valence-electron chi connectivity index (χ1n) is 13.5. The van der Waals surface area contributed by atoms with E-state index in [9.17, 15) is 19.2 Å². The predicted octanol–water partition coefficient (Wildman–Crippen LogP) is 4.85. The molecule has 3 amide bonds. The molecular formula is C30H38ClN3O5. The molecule has 2 aromatic rings. The SMILES string of the molecule is CCCCC(NC(=O)OC(c1ccccc1)C(C)(C)c1cccc(Cl)c1)C(=O)NC(C=O)CC1CCNC1=O. The summed E-state index contributed by atoms with van der Waals surface area (Å²) in [5, 5.41) is 8.74. The summed E-state index contributed by atoms with van der Waals surface area (Å²) in [6, 6.07) is 15.1. The smallest absolute Gasteiger partial charge is 0.408 e. The highest BCUT2D eigenvalue weighted by atomic mass is 35.5. The summed E-state index contributed by atoms with van der Waals surface area (Å²) in [7, 11) is 0. The van der Waals surface area contributed by atoms with E-state index in [1.807, 2.05) is 69.3 Å². The summed E-state index contributed by atoms with van der Waals surface area (Å²) in [5.74, 6) is -0.927. The molecule has 2 aromatic carbocycles. The second kappa shape index (κ2) is 14.1. The molecule has 39 heavy (non-hydrogen) atoms. The van der Waals surface area contributed by atoms with Crippen LogP contribution in [0.15, 0.2) is 54.6 Å². The lowest BCUT2D eigenvalue weighted by atomic mass is 9.76. The maximum absolute atomic E-state index is 13.3. The summed E-state index contributed by atoms with van der Waals surface area (Å²) in [6.45, 7) is 6.49. The van der Waals surface area contributed by atoms with Gasteiger partial charge in [-0.05, 0) is 42.5 Å². The van der Waals surface area contributed by atoms with Gasteiger partial charge in [0.25, 0.3) is 0 Å². The molecule has 9 heteroatoms. The summed E-state index contributed by atoms with van der Waals surface area (Å²) < 4.78 is 6.01. The minimum Gasteiger partial charge on any atom is -0.440 e. The Morgan fingerprint density at radius 2 is 1.90 bits per heavy atom. The van der Waals surface area contributed by atoms with E-state index in [2.05, 4.69) is 16.0 Å². The number of halogens is 1. The van der Waals surface area contributed by atoms with E-state index < -0.39 is 35.6 Å². The highest BCUT2D eigenvalue weighted by molar-refractivity contribution is 6.30. The molecule has 0 spiro atoms. The molecule has 1 heterocycles. The third-order valence-corrected chi connectivity index (χ3v) is 7.43. The summed E-state index contributed by atoms with van der Waals surface area (Å²) in [6.07, 6.45) is 1.92. The number of hydrogen-bond donors (Lipinski definition) is 3. The van der Waals surface area contributed by atoms with Gasteiger partial charge < -0.3 is 25.5 Å². The molecule has 1 aliphatic heterocycles. The highest BCUT2D eigenvalue weighted by Gasteiger charge is 2.37. The van der Waals surface area contributed by atoms with Crippen LogP contribution >= 0.6 is 11.6 Å². The van der Waals surface area contributed by atoms with E-state index in [-0.39, 0.29) is 18.2 Å². The molecule has 0 bridgehead atoms. The van der Waals surface area contributed by atoms with Crippen molar-refractivity contribution in [2.45, 2.75) is 76.5 Å². The number of ether oxygens (including phenoxy) is 1. The molecule has 0 radical (unpaired) electrons. The number of carbonyl (C=O) groups is 4. The molecule has 0 aliphatic carbocycles. The number of rotatable bonds is 13. The minimum atomic E-state index is -0.900.